The molecule has 1 heteroatoms. The third-order valence-corrected chi connectivity index (χ3v) is 3.72. The van der Waals surface area contributed by atoms with E-state index in [9.17, 15) is 0 Å². The highest BCUT2D eigenvalue weighted by Crippen LogP contribution is 2.23. The molecule has 0 saturated carbocycles. The summed E-state index contributed by atoms with van der Waals surface area (Å²) < 4.78 is 2.23. The average Bonchev–Trinajstić information content (AvgIpc) is 2.55. The highest BCUT2D eigenvalue weighted by atomic mass is 14.9. The van der Waals surface area contributed by atoms with Gasteiger partial charge in [-0.15, -0.1) is 0 Å². The van der Waals surface area contributed by atoms with E-state index < -0.39 is 0 Å². The molecule has 0 aliphatic heterocycles. The molecule has 4 rings (SSSR count). The van der Waals surface area contributed by atoms with Gasteiger partial charge in [0.05, 0.1) is 0 Å². The van der Waals surface area contributed by atoms with E-state index in [0.717, 1.165) is 0 Å². The van der Waals surface area contributed by atoms with Gasteiger partial charge in [-0.05, 0) is 35.4 Å². The second-order valence-corrected chi connectivity index (χ2v) is 4.97. The fourth-order valence-electron chi connectivity index (χ4n) is 2.70. The summed E-state index contributed by atoms with van der Waals surface area (Å²) in [6.45, 7) is 0. The molecule has 0 spiro atoms. The zero-order valence-corrected chi connectivity index (χ0v) is 11.0. The van der Waals surface area contributed by atoms with Crippen molar-refractivity contribution in [2.45, 2.75) is 0 Å². The van der Waals surface area contributed by atoms with Crippen molar-refractivity contribution in [2.75, 3.05) is 0 Å². The molecular weight excluding hydrogens is 242 g/mol. The summed E-state index contributed by atoms with van der Waals surface area (Å²) in [6.07, 6.45) is 2.11. The van der Waals surface area contributed by atoms with Crippen LogP contribution in [0.25, 0.3) is 27.5 Å². The molecule has 1 nitrogen and oxygen atoms in total. The summed E-state index contributed by atoms with van der Waals surface area (Å²) in [5.74, 6) is 0. The van der Waals surface area contributed by atoms with Crippen molar-refractivity contribution >= 4 is 16.4 Å². The van der Waals surface area contributed by atoms with Crippen molar-refractivity contribution in [1.29, 1.82) is 0 Å². The summed E-state index contributed by atoms with van der Waals surface area (Å²) >= 11 is 0. The molecule has 0 bridgehead atoms. The Morgan fingerprint density at radius 3 is 2.35 bits per heavy atom. The molecule has 0 atom stereocenters. The van der Waals surface area contributed by atoms with Crippen LogP contribution in [0.1, 0.15) is 0 Å². The van der Waals surface area contributed by atoms with Crippen molar-refractivity contribution in [1.82, 2.24) is 0 Å². The van der Waals surface area contributed by atoms with E-state index in [1.165, 1.54) is 27.5 Å². The monoisotopic (exact) mass is 256 g/mol. The molecule has 4 aromatic rings. The minimum atomic E-state index is 1.22. The number of fused-ring (bicyclic) bond motifs is 3. The van der Waals surface area contributed by atoms with Gasteiger partial charge in [0.1, 0.15) is 0 Å². The topological polar surface area (TPSA) is 4.10 Å². The molecule has 20 heavy (non-hydrogen) atoms. The van der Waals surface area contributed by atoms with Crippen LogP contribution >= 0.6 is 0 Å². The second-order valence-electron chi connectivity index (χ2n) is 4.97. The van der Waals surface area contributed by atoms with Crippen LogP contribution in [-0.2, 0) is 0 Å². The molecule has 0 aliphatic rings. The number of rotatable bonds is 1. The average molecular weight is 256 g/mol. The van der Waals surface area contributed by atoms with Crippen LogP contribution in [0.5, 0.6) is 0 Å². The maximum atomic E-state index is 2.25. The molecule has 0 unspecified atom stereocenters. The summed E-state index contributed by atoms with van der Waals surface area (Å²) in [5.41, 5.74) is 4.97. The Morgan fingerprint density at radius 2 is 1.45 bits per heavy atom. The molecular formula is C19H14N+. The zero-order valence-electron chi connectivity index (χ0n) is 11.0. The summed E-state index contributed by atoms with van der Waals surface area (Å²) in [7, 11) is 0. The predicted octanol–water partition coefficient (Wildman–Crippen LogP) is 4.25. The molecule has 0 fully saturated rings. The van der Waals surface area contributed by atoms with Gasteiger partial charge in [-0.1, -0.05) is 30.3 Å². The van der Waals surface area contributed by atoms with Crippen molar-refractivity contribution in [2.24, 2.45) is 0 Å². The number of hydrogen-bond donors (Lipinski definition) is 0. The highest BCUT2D eigenvalue weighted by Gasteiger charge is 2.08. The Labute approximate surface area is 117 Å². The predicted molar refractivity (Wildman–Crippen MR) is 82.5 cm³/mol. The molecule has 0 N–H and O–H groups in total. The van der Waals surface area contributed by atoms with Crippen LogP contribution in [-0.4, -0.2) is 0 Å². The Kier molecular flexibility index (Phi) is 2.49. The Balaban J connectivity index is 1.99. The van der Waals surface area contributed by atoms with Gasteiger partial charge in [-0.2, -0.15) is 4.40 Å². The van der Waals surface area contributed by atoms with Crippen LogP contribution < -0.4 is 4.40 Å². The molecule has 2 aromatic heterocycles. The third kappa shape index (κ3) is 1.76. The summed E-state index contributed by atoms with van der Waals surface area (Å²) in [6, 6.07) is 27.8. The Bertz CT molecular complexity index is 895. The Hall–Kier alpha value is -2.67. The van der Waals surface area contributed by atoms with Crippen molar-refractivity contribution in [3.63, 3.8) is 0 Å². The quantitative estimate of drug-likeness (QED) is 0.354. The SMILES string of the molecule is c1ccc(-c2ccc3c(ccc4cccc[n+]43)c2)cc1. The first-order chi connectivity index (χ1) is 9.92. The number of benzene rings is 2. The fraction of sp³-hybridized carbons (Fsp3) is 0. The van der Waals surface area contributed by atoms with E-state index in [0.29, 0.717) is 0 Å². The molecule has 0 amide bonds. The van der Waals surface area contributed by atoms with Crippen molar-refractivity contribution in [3.8, 4) is 11.1 Å². The molecule has 94 valence electrons. The zero-order chi connectivity index (χ0) is 13.4. The van der Waals surface area contributed by atoms with E-state index in [1.54, 1.807) is 0 Å². The van der Waals surface area contributed by atoms with Gasteiger partial charge in [0.15, 0.2) is 6.20 Å². The minimum absolute atomic E-state index is 1.22. The van der Waals surface area contributed by atoms with Gasteiger partial charge in [-0.25, -0.2) is 0 Å². The van der Waals surface area contributed by atoms with Crippen molar-refractivity contribution < 1.29 is 4.40 Å². The van der Waals surface area contributed by atoms with Crippen LogP contribution in [0.15, 0.2) is 85.1 Å². The molecule has 0 radical (unpaired) electrons. The number of nitrogens with zero attached hydrogens (tertiary/aromatic N) is 1. The van der Waals surface area contributed by atoms with Crippen molar-refractivity contribution in [3.05, 3.63) is 85.1 Å². The van der Waals surface area contributed by atoms with E-state index in [4.69, 9.17) is 0 Å². The van der Waals surface area contributed by atoms with Crippen LogP contribution in [0.2, 0.25) is 0 Å². The first-order valence-electron chi connectivity index (χ1n) is 6.80. The van der Waals surface area contributed by atoms with Crippen LogP contribution in [0.3, 0.4) is 0 Å². The van der Waals surface area contributed by atoms with Crippen LogP contribution in [0, 0.1) is 0 Å². The first-order valence-corrected chi connectivity index (χ1v) is 6.80. The fourth-order valence-corrected chi connectivity index (χ4v) is 2.70. The van der Waals surface area contributed by atoms with Gasteiger partial charge in [-0.3, -0.25) is 0 Å². The standard InChI is InChI=1S/C19H14N/c1-2-6-15(7-3-1)16-10-12-19-17(14-16)9-11-18-8-4-5-13-20(18)19/h1-14H/q+1. The lowest BCUT2D eigenvalue weighted by molar-refractivity contribution is -0.481. The smallest absolute Gasteiger partial charge is 0.160 e. The third-order valence-electron chi connectivity index (χ3n) is 3.72. The van der Waals surface area contributed by atoms with E-state index in [1.807, 2.05) is 6.07 Å². The minimum Gasteiger partial charge on any atom is -0.160 e. The lowest BCUT2D eigenvalue weighted by atomic mass is 10.0. The van der Waals surface area contributed by atoms with Gasteiger partial charge in [0, 0.05) is 29.7 Å². The Morgan fingerprint density at radius 1 is 0.600 bits per heavy atom. The van der Waals surface area contributed by atoms with Gasteiger partial charge in [0.2, 0.25) is 11.0 Å². The lowest BCUT2D eigenvalue weighted by Crippen LogP contribution is -2.21. The molecule has 2 aromatic carbocycles. The normalized spacial score (nSPS) is 11.0. The van der Waals surface area contributed by atoms with Gasteiger partial charge >= 0.3 is 0 Å². The maximum absolute atomic E-state index is 2.25. The second kappa shape index (κ2) is 4.46. The largest absolute Gasteiger partial charge is 0.218 e. The molecule has 0 aliphatic carbocycles. The molecule has 0 saturated heterocycles. The number of aromatic nitrogens is 1. The molecule has 2 heterocycles. The van der Waals surface area contributed by atoms with E-state index in [2.05, 4.69) is 83.4 Å². The van der Waals surface area contributed by atoms with Gasteiger partial charge < -0.3 is 0 Å². The summed E-state index contributed by atoms with van der Waals surface area (Å²) in [5, 5.41) is 1.26. The van der Waals surface area contributed by atoms with E-state index >= 15 is 0 Å². The number of hydrogen-bond acceptors (Lipinski definition) is 0. The first kappa shape index (κ1) is 11.2. The maximum Gasteiger partial charge on any atom is 0.218 e. The van der Waals surface area contributed by atoms with E-state index in [-0.39, 0.29) is 0 Å². The summed E-state index contributed by atoms with van der Waals surface area (Å²) in [4.78, 5) is 0. The van der Waals surface area contributed by atoms with Crippen LogP contribution in [0.4, 0.5) is 0 Å². The number of pyridine rings is 2. The van der Waals surface area contributed by atoms with Gasteiger partial charge in [0.25, 0.3) is 0 Å². The highest BCUT2D eigenvalue weighted by molar-refractivity contribution is 5.83. The lowest BCUT2D eigenvalue weighted by Gasteiger charge is -2.03.